The van der Waals surface area contributed by atoms with E-state index in [-0.39, 0.29) is 0 Å². The monoisotopic (exact) mass is 257 g/mol. The first kappa shape index (κ1) is 17.2. The molecule has 0 heterocycles. The molecule has 17 heavy (non-hydrogen) atoms. The smallest absolute Gasteiger partial charge is 0.0490 e. The standard InChI is InChI=1S/C15H35NSi/c1-6-8-10-12-14(16)15(17(3,4)5)13-11-9-7-2/h14-15H,6-13,16H2,1-5H3. The Morgan fingerprint density at radius 1 is 0.824 bits per heavy atom. The first-order valence-corrected chi connectivity index (χ1v) is 11.3. The van der Waals surface area contributed by atoms with E-state index in [0.29, 0.717) is 6.04 Å². The van der Waals surface area contributed by atoms with Gasteiger partial charge in [0.15, 0.2) is 0 Å². The topological polar surface area (TPSA) is 26.0 Å². The first-order valence-electron chi connectivity index (χ1n) is 7.69. The van der Waals surface area contributed by atoms with Gasteiger partial charge in [-0.2, -0.15) is 0 Å². The largest absolute Gasteiger partial charge is 0.328 e. The minimum Gasteiger partial charge on any atom is -0.328 e. The molecular weight excluding hydrogens is 222 g/mol. The summed E-state index contributed by atoms with van der Waals surface area (Å²) in [4.78, 5) is 0. The van der Waals surface area contributed by atoms with Crippen LogP contribution in [0.5, 0.6) is 0 Å². The van der Waals surface area contributed by atoms with Crippen LogP contribution in [0, 0.1) is 0 Å². The molecule has 0 aromatic carbocycles. The summed E-state index contributed by atoms with van der Waals surface area (Å²) in [7, 11) is -1.08. The molecule has 0 saturated heterocycles. The third-order valence-corrected chi connectivity index (χ3v) is 6.83. The predicted molar refractivity (Wildman–Crippen MR) is 83.4 cm³/mol. The van der Waals surface area contributed by atoms with Crippen molar-refractivity contribution in [2.75, 3.05) is 0 Å². The third kappa shape index (κ3) is 7.99. The summed E-state index contributed by atoms with van der Waals surface area (Å²) in [6, 6.07) is 0.463. The molecule has 2 atom stereocenters. The van der Waals surface area contributed by atoms with Gasteiger partial charge in [-0.1, -0.05) is 78.4 Å². The normalized spacial score (nSPS) is 15.9. The van der Waals surface area contributed by atoms with Crippen molar-refractivity contribution in [3.8, 4) is 0 Å². The number of hydrogen-bond donors (Lipinski definition) is 1. The molecule has 0 aliphatic rings. The van der Waals surface area contributed by atoms with Crippen LogP contribution in [-0.4, -0.2) is 14.1 Å². The van der Waals surface area contributed by atoms with Crippen molar-refractivity contribution < 1.29 is 0 Å². The van der Waals surface area contributed by atoms with Gasteiger partial charge in [-0.05, 0) is 12.0 Å². The van der Waals surface area contributed by atoms with E-state index >= 15 is 0 Å². The Kier molecular flexibility index (Phi) is 9.25. The molecule has 2 N–H and O–H groups in total. The fourth-order valence-corrected chi connectivity index (χ4v) is 5.26. The zero-order valence-corrected chi connectivity index (χ0v) is 13.9. The Labute approximate surface area is 111 Å². The van der Waals surface area contributed by atoms with Crippen LogP contribution in [0.15, 0.2) is 0 Å². The van der Waals surface area contributed by atoms with Crippen molar-refractivity contribution in [2.24, 2.45) is 5.73 Å². The van der Waals surface area contributed by atoms with Gasteiger partial charge in [-0.3, -0.25) is 0 Å². The zero-order valence-electron chi connectivity index (χ0n) is 12.9. The second-order valence-electron chi connectivity index (χ2n) is 6.63. The molecule has 0 aromatic heterocycles. The molecule has 2 unspecified atom stereocenters. The summed E-state index contributed by atoms with van der Waals surface area (Å²) in [6.45, 7) is 12.0. The van der Waals surface area contributed by atoms with Gasteiger partial charge in [0.1, 0.15) is 0 Å². The molecule has 0 spiro atoms. The van der Waals surface area contributed by atoms with Crippen molar-refractivity contribution in [3.63, 3.8) is 0 Å². The van der Waals surface area contributed by atoms with Gasteiger partial charge in [0, 0.05) is 14.1 Å². The molecule has 0 aromatic rings. The molecule has 0 amide bonds. The summed E-state index contributed by atoms with van der Waals surface area (Å²) < 4.78 is 0. The van der Waals surface area contributed by atoms with E-state index < -0.39 is 8.07 Å². The quantitative estimate of drug-likeness (QED) is 0.423. The van der Waals surface area contributed by atoms with Gasteiger partial charge in [-0.15, -0.1) is 0 Å². The van der Waals surface area contributed by atoms with Crippen LogP contribution >= 0.6 is 0 Å². The van der Waals surface area contributed by atoms with E-state index in [2.05, 4.69) is 33.5 Å². The molecule has 0 aliphatic heterocycles. The predicted octanol–water partition coefficient (Wildman–Crippen LogP) is 5.18. The highest BCUT2D eigenvalue weighted by Gasteiger charge is 2.30. The van der Waals surface area contributed by atoms with Gasteiger partial charge < -0.3 is 5.73 Å². The van der Waals surface area contributed by atoms with Gasteiger partial charge >= 0.3 is 0 Å². The van der Waals surface area contributed by atoms with E-state index in [1.807, 2.05) is 0 Å². The number of unbranched alkanes of at least 4 members (excludes halogenated alkanes) is 4. The Hall–Kier alpha value is 0.177. The molecule has 0 saturated carbocycles. The van der Waals surface area contributed by atoms with Crippen molar-refractivity contribution >= 4 is 8.07 Å². The van der Waals surface area contributed by atoms with E-state index in [0.717, 1.165) is 5.54 Å². The number of rotatable bonds is 10. The third-order valence-electron chi connectivity index (χ3n) is 3.89. The minimum atomic E-state index is -1.08. The molecule has 0 bridgehead atoms. The number of nitrogens with two attached hydrogens (primary N) is 1. The lowest BCUT2D eigenvalue weighted by Gasteiger charge is -2.34. The summed E-state index contributed by atoms with van der Waals surface area (Å²) in [5.41, 5.74) is 7.29. The van der Waals surface area contributed by atoms with Crippen LogP contribution in [-0.2, 0) is 0 Å². The van der Waals surface area contributed by atoms with Crippen LogP contribution in [0.1, 0.15) is 65.2 Å². The maximum atomic E-state index is 6.46. The number of hydrogen-bond acceptors (Lipinski definition) is 1. The molecule has 0 radical (unpaired) electrons. The summed E-state index contributed by atoms with van der Waals surface area (Å²) in [5.74, 6) is 0. The summed E-state index contributed by atoms with van der Waals surface area (Å²) in [6.07, 6.45) is 10.7. The van der Waals surface area contributed by atoms with E-state index in [1.165, 1.54) is 51.4 Å². The van der Waals surface area contributed by atoms with Crippen molar-refractivity contribution in [1.29, 1.82) is 0 Å². The van der Waals surface area contributed by atoms with E-state index in [1.54, 1.807) is 0 Å². The van der Waals surface area contributed by atoms with Crippen LogP contribution in [0.25, 0.3) is 0 Å². The highest BCUT2D eigenvalue weighted by Crippen LogP contribution is 2.32. The van der Waals surface area contributed by atoms with E-state index in [4.69, 9.17) is 5.73 Å². The fourth-order valence-electron chi connectivity index (χ4n) is 2.73. The van der Waals surface area contributed by atoms with Crippen LogP contribution in [0.4, 0.5) is 0 Å². The van der Waals surface area contributed by atoms with E-state index in [9.17, 15) is 0 Å². The lowest BCUT2D eigenvalue weighted by molar-refractivity contribution is 0.487. The Balaban J connectivity index is 4.16. The molecule has 0 aliphatic carbocycles. The molecular formula is C15H35NSi. The highest BCUT2D eigenvalue weighted by molar-refractivity contribution is 6.77. The van der Waals surface area contributed by atoms with Gasteiger partial charge in [0.25, 0.3) is 0 Å². The van der Waals surface area contributed by atoms with Crippen molar-refractivity contribution in [1.82, 2.24) is 0 Å². The molecule has 1 nitrogen and oxygen atoms in total. The van der Waals surface area contributed by atoms with Crippen molar-refractivity contribution in [2.45, 2.75) is 96.4 Å². The van der Waals surface area contributed by atoms with Gasteiger partial charge in [0.2, 0.25) is 0 Å². The summed E-state index contributed by atoms with van der Waals surface area (Å²) >= 11 is 0. The maximum absolute atomic E-state index is 6.46. The lowest BCUT2D eigenvalue weighted by Crippen LogP contribution is -2.41. The minimum absolute atomic E-state index is 0.463. The SMILES string of the molecule is CCCCCC(N)C(CCCCC)[Si](C)(C)C. The summed E-state index contributed by atoms with van der Waals surface area (Å²) in [5, 5.41) is 0. The first-order chi connectivity index (χ1) is 7.93. The maximum Gasteiger partial charge on any atom is 0.0490 e. The zero-order chi connectivity index (χ0) is 13.3. The average Bonchev–Trinajstić information content (AvgIpc) is 2.23. The highest BCUT2D eigenvalue weighted by atomic mass is 28.3. The second-order valence-corrected chi connectivity index (χ2v) is 12.1. The molecule has 2 heteroatoms. The lowest BCUT2D eigenvalue weighted by atomic mass is 10.0. The molecule has 104 valence electrons. The Morgan fingerprint density at radius 3 is 1.71 bits per heavy atom. The van der Waals surface area contributed by atoms with Gasteiger partial charge in [-0.25, -0.2) is 0 Å². The Morgan fingerprint density at radius 2 is 1.29 bits per heavy atom. The Bertz CT molecular complexity index is 174. The fraction of sp³-hybridized carbons (Fsp3) is 1.00. The molecule has 0 fully saturated rings. The average molecular weight is 258 g/mol. The molecule has 0 rings (SSSR count). The van der Waals surface area contributed by atoms with Crippen LogP contribution in [0.3, 0.4) is 0 Å². The van der Waals surface area contributed by atoms with Crippen LogP contribution < -0.4 is 5.73 Å². The van der Waals surface area contributed by atoms with Gasteiger partial charge in [0.05, 0.1) is 0 Å². The second kappa shape index (κ2) is 9.15. The van der Waals surface area contributed by atoms with Crippen molar-refractivity contribution in [3.05, 3.63) is 0 Å². The van der Waals surface area contributed by atoms with Crippen LogP contribution in [0.2, 0.25) is 25.2 Å².